The van der Waals surface area contributed by atoms with Gasteiger partial charge >= 0.3 is 0 Å². The summed E-state index contributed by atoms with van der Waals surface area (Å²) in [5.74, 6) is -1.33. The molecule has 2 aromatic rings. The first kappa shape index (κ1) is 20.0. The molecular weight excluding hydrogens is 372 g/mol. The number of aromatic nitrogens is 1. The highest BCUT2D eigenvalue weighted by Crippen LogP contribution is 2.39. The lowest BCUT2D eigenvalue weighted by atomic mass is 9.79. The highest BCUT2D eigenvalue weighted by atomic mass is 19.2. The highest BCUT2D eigenvalue weighted by Gasteiger charge is 2.42. The van der Waals surface area contributed by atoms with Gasteiger partial charge in [-0.05, 0) is 56.0 Å². The van der Waals surface area contributed by atoms with Crippen LogP contribution in [0.25, 0.3) is 0 Å². The van der Waals surface area contributed by atoms with Gasteiger partial charge in [-0.3, -0.25) is 14.7 Å². The topological polar surface area (TPSA) is 36.4 Å². The molecule has 154 valence electrons. The molecule has 0 saturated carbocycles. The van der Waals surface area contributed by atoms with E-state index in [1.807, 2.05) is 17.0 Å². The third kappa shape index (κ3) is 4.64. The molecule has 1 amide bonds. The smallest absolute Gasteiger partial charge is 0.222 e. The van der Waals surface area contributed by atoms with Gasteiger partial charge in [0, 0.05) is 56.0 Å². The van der Waals surface area contributed by atoms with Crippen molar-refractivity contribution in [2.75, 3.05) is 26.2 Å². The predicted octanol–water partition coefficient (Wildman–Crippen LogP) is 3.81. The molecule has 0 unspecified atom stereocenters. The molecule has 1 aromatic carbocycles. The van der Waals surface area contributed by atoms with Gasteiger partial charge in [0.2, 0.25) is 5.91 Å². The lowest BCUT2D eigenvalue weighted by Gasteiger charge is -2.40. The Balaban J connectivity index is 1.34. The summed E-state index contributed by atoms with van der Waals surface area (Å²) >= 11 is 0. The highest BCUT2D eigenvalue weighted by molar-refractivity contribution is 5.76. The van der Waals surface area contributed by atoms with Crippen molar-refractivity contribution in [2.45, 2.75) is 38.6 Å². The first-order chi connectivity index (χ1) is 14.0. The van der Waals surface area contributed by atoms with E-state index in [9.17, 15) is 13.6 Å². The minimum Gasteiger partial charge on any atom is -0.342 e. The molecule has 0 bridgehead atoms. The van der Waals surface area contributed by atoms with Gasteiger partial charge in [-0.1, -0.05) is 12.1 Å². The van der Waals surface area contributed by atoms with E-state index >= 15 is 0 Å². The van der Waals surface area contributed by atoms with Crippen molar-refractivity contribution in [1.82, 2.24) is 14.8 Å². The molecule has 2 saturated heterocycles. The quantitative estimate of drug-likeness (QED) is 0.767. The number of benzene rings is 1. The zero-order valence-corrected chi connectivity index (χ0v) is 16.6. The molecule has 4 nitrogen and oxygen atoms in total. The summed E-state index contributed by atoms with van der Waals surface area (Å²) in [6.07, 6.45) is 7.84. The van der Waals surface area contributed by atoms with Crippen LogP contribution in [0.1, 0.15) is 36.8 Å². The van der Waals surface area contributed by atoms with Gasteiger partial charge in [-0.15, -0.1) is 0 Å². The van der Waals surface area contributed by atoms with Crippen LogP contribution in [0.15, 0.2) is 42.7 Å². The first-order valence-corrected chi connectivity index (χ1v) is 10.4. The number of amides is 1. The number of hydrogen-bond donors (Lipinski definition) is 0. The van der Waals surface area contributed by atoms with Crippen LogP contribution in [0.2, 0.25) is 0 Å². The van der Waals surface area contributed by atoms with Crippen LogP contribution >= 0.6 is 0 Å². The zero-order valence-electron chi connectivity index (χ0n) is 16.6. The van der Waals surface area contributed by atoms with Crippen LogP contribution in [-0.2, 0) is 17.8 Å². The number of piperidine rings is 1. The molecule has 0 aliphatic carbocycles. The molecule has 1 aromatic heterocycles. The molecule has 6 heteroatoms. The van der Waals surface area contributed by atoms with Gasteiger partial charge in [0.25, 0.3) is 0 Å². The second-order valence-electron chi connectivity index (χ2n) is 8.45. The van der Waals surface area contributed by atoms with Gasteiger partial charge in [0.1, 0.15) is 0 Å². The lowest BCUT2D eigenvalue weighted by molar-refractivity contribution is -0.130. The van der Waals surface area contributed by atoms with Gasteiger partial charge in [0.05, 0.1) is 0 Å². The standard InChI is InChI=1S/C23H27F2N3O/c24-20-4-1-3-19(22(20)25)15-27-13-2-9-23(16-27)10-14-28(17-23)21(29)6-5-18-7-11-26-12-8-18/h1,3-4,7-8,11-12H,2,5-6,9-10,13-17H2/t23-/m0/s1. The monoisotopic (exact) mass is 399 g/mol. The third-order valence-electron chi connectivity index (χ3n) is 6.33. The summed E-state index contributed by atoms with van der Waals surface area (Å²) in [4.78, 5) is 20.9. The average molecular weight is 399 g/mol. The SMILES string of the molecule is O=C(CCc1ccncc1)N1CC[C@]2(CCCN(Cc3cccc(F)c3F)C2)C1. The number of aryl methyl sites for hydroxylation is 1. The Morgan fingerprint density at radius 1 is 1.07 bits per heavy atom. The van der Waals surface area contributed by atoms with E-state index in [-0.39, 0.29) is 11.3 Å². The second-order valence-corrected chi connectivity index (χ2v) is 8.45. The van der Waals surface area contributed by atoms with Gasteiger partial charge < -0.3 is 4.90 Å². The maximum atomic E-state index is 14.1. The van der Waals surface area contributed by atoms with E-state index in [1.165, 1.54) is 0 Å². The number of carbonyl (C=O) groups excluding carboxylic acids is 1. The molecule has 29 heavy (non-hydrogen) atoms. The normalized spacial score (nSPS) is 22.3. The third-order valence-corrected chi connectivity index (χ3v) is 6.33. The Labute approximate surface area is 170 Å². The lowest BCUT2D eigenvalue weighted by Crippen LogP contribution is -2.45. The van der Waals surface area contributed by atoms with Crippen molar-refractivity contribution in [1.29, 1.82) is 0 Å². The Bertz CT molecular complexity index is 860. The summed E-state index contributed by atoms with van der Waals surface area (Å²) < 4.78 is 27.6. The van der Waals surface area contributed by atoms with E-state index in [0.717, 1.165) is 63.5 Å². The predicted molar refractivity (Wildman–Crippen MR) is 107 cm³/mol. The Morgan fingerprint density at radius 3 is 2.72 bits per heavy atom. The number of rotatable bonds is 5. The Hall–Kier alpha value is -2.34. The fourth-order valence-corrected chi connectivity index (χ4v) is 4.80. The van der Waals surface area contributed by atoms with Crippen molar-refractivity contribution in [3.05, 3.63) is 65.5 Å². The van der Waals surface area contributed by atoms with Gasteiger partial charge in [-0.25, -0.2) is 8.78 Å². The number of nitrogens with zero attached hydrogens (tertiary/aromatic N) is 3. The Kier molecular flexibility index (Phi) is 5.90. The van der Waals surface area contributed by atoms with Gasteiger partial charge in [0.15, 0.2) is 11.6 Å². The van der Waals surface area contributed by atoms with E-state index in [0.29, 0.717) is 18.5 Å². The van der Waals surface area contributed by atoms with E-state index in [2.05, 4.69) is 9.88 Å². The number of likely N-dealkylation sites (tertiary alicyclic amines) is 2. The van der Waals surface area contributed by atoms with Crippen LogP contribution in [-0.4, -0.2) is 46.9 Å². The van der Waals surface area contributed by atoms with Crippen LogP contribution in [0, 0.1) is 17.0 Å². The number of halogens is 2. The summed E-state index contributed by atoms with van der Waals surface area (Å²) in [5.41, 5.74) is 1.61. The molecule has 1 atom stereocenters. The fraction of sp³-hybridized carbons (Fsp3) is 0.478. The molecule has 4 rings (SSSR count). The zero-order chi connectivity index (χ0) is 20.3. The van der Waals surface area contributed by atoms with Crippen LogP contribution in [0.5, 0.6) is 0 Å². The molecule has 0 radical (unpaired) electrons. The minimum atomic E-state index is -0.791. The van der Waals surface area contributed by atoms with E-state index < -0.39 is 11.6 Å². The summed E-state index contributed by atoms with van der Waals surface area (Å²) in [5, 5.41) is 0. The van der Waals surface area contributed by atoms with Crippen LogP contribution < -0.4 is 0 Å². The van der Waals surface area contributed by atoms with E-state index in [1.54, 1.807) is 24.5 Å². The van der Waals surface area contributed by atoms with Crippen molar-refractivity contribution in [3.8, 4) is 0 Å². The second kappa shape index (κ2) is 8.57. The largest absolute Gasteiger partial charge is 0.342 e. The number of pyridine rings is 1. The molecule has 0 N–H and O–H groups in total. The van der Waals surface area contributed by atoms with Crippen molar-refractivity contribution >= 4 is 5.91 Å². The summed E-state index contributed by atoms with van der Waals surface area (Å²) in [7, 11) is 0. The molecule has 1 spiro atoms. The Morgan fingerprint density at radius 2 is 1.90 bits per heavy atom. The van der Waals surface area contributed by atoms with Crippen LogP contribution in [0.4, 0.5) is 8.78 Å². The van der Waals surface area contributed by atoms with Crippen molar-refractivity contribution in [2.24, 2.45) is 5.41 Å². The molecule has 2 fully saturated rings. The van der Waals surface area contributed by atoms with E-state index in [4.69, 9.17) is 0 Å². The average Bonchev–Trinajstić information content (AvgIpc) is 3.13. The molecule has 2 aliphatic heterocycles. The van der Waals surface area contributed by atoms with Crippen molar-refractivity contribution in [3.63, 3.8) is 0 Å². The summed E-state index contributed by atoms with van der Waals surface area (Å²) in [6, 6.07) is 8.27. The first-order valence-electron chi connectivity index (χ1n) is 10.4. The summed E-state index contributed by atoms with van der Waals surface area (Å²) in [6.45, 7) is 3.69. The molecule has 2 aliphatic rings. The fourth-order valence-electron chi connectivity index (χ4n) is 4.80. The maximum Gasteiger partial charge on any atom is 0.222 e. The van der Waals surface area contributed by atoms with Crippen LogP contribution in [0.3, 0.4) is 0 Å². The number of hydrogen-bond acceptors (Lipinski definition) is 3. The molecule has 3 heterocycles. The maximum absolute atomic E-state index is 14.1. The minimum absolute atomic E-state index is 0.0778. The van der Waals surface area contributed by atoms with Gasteiger partial charge in [-0.2, -0.15) is 0 Å². The van der Waals surface area contributed by atoms with Crippen molar-refractivity contribution < 1.29 is 13.6 Å². The number of carbonyl (C=O) groups is 1. The molecular formula is C23H27F2N3O.